The highest BCUT2D eigenvalue weighted by atomic mass is 79.9. The fourth-order valence-corrected chi connectivity index (χ4v) is 2.64. The molecule has 0 aliphatic carbocycles. The van der Waals surface area contributed by atoms with Crippen molar-refractivity contribution in [2.75, 3.05) is 12.4 Å². The summed E-state index contributed by atoms with van der Waals surface area (Å²) in [7, 11) is 1.75. The van der Waals surface area contributed by atoms with E-state index in [0.29, 0.717) is 5.92 Å². The molecule has 16 heavy (non-hydrogen) atoms. The third-order valence-corrected chi connectivity index (χ3v) is 3.89. The van der Waals surface area contributed by atoms with Crippen LogP contribution in [0.25, 0.3) is 0 Å². The van der Waals surface area contributed by atoms with Crippen molar-refractivity contribution in [3.63, 3.8) is 0 Å². The first-order valence-corrected chi connectivity index (χ1v) is 6.97. The molecule has 0 N–H and O–H groups in total. The molecule has 1 nitrogen and oxygen atoms in total. The van der Waals surface area contributed by atoms with Crippen LogP contribution in [0.3, 0.4) is 0 Å². The van der Waals surface area contributed by atoms with E-state index in [0.717, 1.165) is 11.1 Å². The van der Waals surface area contributed by atoms with E-state index in [1.165, 1.54) is 29.5 Å². The van der Waals surface area contributed by atoms with Crippen LogP contribution < -0.4 is 4.74 Å². The molecule has 0 amide bonds. The van der Waals surface area contributed by atoms with E-state index in [4.69, 9.17) is 4.74 Å². The van der Waals surface area contributed by atoms with Crippen molar-refractivity contribution in [3.8, 4) is 5.75 Å². The van der Waals surface area contributed by atoms with Gasteiger partial charge in [-0.3, -0.25) is 0 Å². The molecule has 0 heterocycles. The summed E-state index contributed by atoms with van der Waals surface area (Å²) in [5, 5.41) is 1.000. The second kappa shape index (κ2) is 6.29. The Balaban J connectivity index is 3.13. The highest BCUT2D eigenvalue weighted by Gasteiger charge is 2.15. The number of alkyl halides is 1. The average molecular weight is 285 g/mol. The lowest BCUT2D eigenvalue weighted by Gasteiger charge is -2.19. The van der Waals surface area contributed by atoms with Gasteiger partial charge in [-0.25, -0.2) is 0 Å². The number of ether oxygens (including phenoxy) is 1. The van der Waals surface area contributed by atoms with Crippen LogP contribution in [0.1, 0.15) is 42.4 Å². The fraction of sp³-hybridized carbons (Fsp3) is 0.571. The summed E-state index contributed by atoms with van der Waals surface area (Å²) >= 11 is 3.60. The SMILES string of the molecule is CCCC(CBr)c1cc(C)c(C)cc1OC. The number of hydrogen-bond donors (Lipinski definition) is 0. The summed E-state index contributed by atoms with van der Waals surface area (Å²) in [5.41, 5.74) is 3.98. The molecule has 0 aliphatic heterocycles. The van der Waals surface area contributed by atoms with Gasteiger partial charge < -0.3 is 4.74 Å². The Morgan fingerprint density at radius 1 is 1.25 bits per heavy atom. The van der Waals surface area contributed by atoms with Gasteiger partial charge in [-0.05, 0) is 48.9 Å². The number of rotatable bonds is 5. The molecule has 0 saturated carbocycles. The van der Waals surface area contributed by atoms with E-state index in [-0.39, 0.29) is 0 Å². The summed E-state index contributed by atoms with van der Waals surface area (Å²) in [6.07, 6.45) is 2.40. The standard InChI is InChI=1S/C14H21BrO/c1-5-6-12(9-15)13-7-10(2)11(3)8-14(13)16-4/h7-8,12H,5-6,9H2,1-4H3. The molecule has 0 saturated heterocycles. The van der Waals surface area contributed by atoms with Crippen molar-refractivity contribution in [2.24, 2.45) is 0 Å². The van der Waals surface area contributed by atoms with Gasteiger partial charge >= 0.3 is 0 Å². The molecular weight excluding hydrogens is 264 g/mol. The van der Waals surface area contributed by atoms with Crippen molar-refractivity contribution in [1.29, 1.82) is 0 Å². The van der Waals surface area contributed by atoms with Crippen molar-refractivity contribution in [3.05, 3.63) is 28.8 Å². The lowest BCUT2D eigenvalue weighted by atomic mass is 9.92. The van der Waals surface area contributed by atoms with Gasteiger partial charge in [0.15, 0.2) is 0 Å². The van der Waals surface area contributed by atoms with Gasteiger partial charge in [0.2, 0.25) is 0 Å². The van der Waals surface area contributed by atoms with Gasteiger partial charge in [0.05, 0.1) is 7.11 Å². The lowest BCUT2D eigenvalue weighted by Crippen LogP contribution is -2.04. The molecule has 2 heteroatoms. The summed E-state index contributed by atoms with van der Waals surface area (Å²) in [6, 6.07) is 4.42. The van der Waals surface area contributed by atoms with Crippen LogP contribution in [-0.2, 0) is 0 Å². The number of benzene rings is 1. The normalized spacial score (nSPS) is 12.6. The summed E-state index contributed by atoms with van der Waals surface area (Å²) in [4.78, 5) is 0. The van der Waals surface area contributed by atoms with E-state index in [9.17, 15) is 0 Å². The molecule has 1 unspecified atom stereocenters. The van der Waals surface area contributed by atoms with Crippen LogP contribution in [0.15, 0.2) is 12.1 Å². The summed E-state index contributed by atoms with van der Waals surface area (Å²) in [5.74, 6) is 1.58. The highest BCUT2D eigenvalue weighted by molar-refractivity contribution is 9.09. The van der Waals surface area contributed by atoms with Gasteiger partial charge in [0, 0.05) is 5.33 Å². The van der Waals surface area contributed by atoms with Crippen molar-refractivity contribution >= 4 is 15.9 Å². The molecule has 1 rings (SSSR count). The van der Waals surface area contributed by atoms with Gasteiger partial charge in [0.1, 0.15) is 5.75 Å². The van der Waals surface area contributed by atoms with E-state index >= 15 is 0 Å². The quantitative estimate of drug-likeness (QED) is 0.719. The first-order chi connectivity index (χ1) is 7.63. The highest BCUT2D eigenvalue weighted by Crippen LogP contribution is 2.33. The Hall–Kier alpha value is -0.500. The number of methoxy groups -OCH3 is 1. The molecular formula is C14H21BrO. The molecule has 0 bridgehead atoms. The molecule has 1 aromatic rings. The van der Waals surface area contributed by atoms with Gasteiger partial charge in [-0.1, -0.05) is 35.3 Å². The zero-order valence-corrected chi connectivity index (χ0v) is 12.2. The first kappa shape index (κ1) is 13.6. The van der Waals surface area contributed by atoms with Crippen LogP contribution in [0.4, 0.5) is 0 Å². The predicted molar refractivity (Wildman–Crippen MR) is 73.9 cm³/mol. The van der Waals surface area contributed by atoms with Gasteiger partial charge in [0.25, 0.3) is 0 Å². The smallest absolute Gasteiger partial charge is 0.122 e. The lowest BCUT2D eigenvalue weighted by molar-refractivity contribution is 0.405. The third-order valence-electron chi connectivity index (χ3n) is 3.11. The molecule has 90 valence electrons. The number of hydrogen-bond acceptors (Lipinski definition) is 1. The second-order valence-electron chi connectivity index (χ2n) is 4.32. The van der Waals surface area contributed by atoms with Crippen LogP contribution in [-0.4, -0.2) is 12.4 Å². The maximum Gasteiger partial charge on any atom is 0.122 e. The number of halogens is 1. The Labute approximate surface area is 107 Å². The minimum absolute atomic E-state index is 0.555. The van der Waals surface area contributed by atoms with E-state index < -0.39 is 0 Å². The van der Waals surface area contributed by atoms with Crippen LogP contribution >= 0.6 is 15.9 Å². The first-order valence-electron chi connectivity index (χ1n) is 5.85. The third kappa shape index (κ3) is 3.00. The Kier molecular flexibility index (Phi) is 5.33. The second-order valence-corrected chi connectivity index (χ2v) is 4.97. The minimum Gasteiger partial charge on any atom is -0.496 e. The topological polar surface area (TPSA) is 9.23 Å². The summed E-state index contributed by atoms with van der Waals surface area (Å²) in [6.45, 7) is 6.52. The van der Waals surface area contributed by atoms with Crippen LogP contribution in [0.2, 0.25) is 0 Å². The predicted octanol–water partition coefficient (Wildman–Crippen LogP) is 4.59. The monoisotopic (exact) mass is 284 g/mol. The molecule has 0 aromatic heterocycles. The molecule has 0 radical (unpaired) electrons. The van der Waals surface area contributed by atoms with E-state index in [1.54, 1.807) is 7.11 Å². The van der Waals surface area contributed by atoms with E-state index in [2.05, 4.69) is 48.8 Å². The van der Waals surface area contributed by atoms with Crippen molar-refractivity contribution < 1.29 is 4.74 Å². The Morgan fingerprint density at radius 2 is 1.88 bits per heavy atom. The van der Waals surface area contributed by atoms with Crippen molar-refractivity contribution in [1.82, 2.24) is 0 Å². The molecule has 0 fully saturated rings. The Bertz CT molecular complexity index is 347. The Morgan fingerprint density at radius 3 is 2.38 bits per heavy atom. The zero-order valence-electron chi connectivity index (χ0n) is 10.6. The van der Waals surface area contributed by atoms with Crippen LogP contribution in [0, 0.1) is 13.8 Å². The van der Waals surface area contributed by atoms with Crippen LogP contribution in [0.5, 0.6) is 5.75 Å². The molecule has 1 atom stereocenters. The minimum atomic E-state index is 0.555. The largest absolute Gasteiger partial charge is 0.496 e. The molecule has 0 aliphatic rings. The maximum absolute atomic E-state index is 5.49. The molecule has 0 spiro atoms. The average Bonchev–Trinajstić information content (AvgIpc) is 2.29. The number of aryl methyl sites for hydroxylation is 2. The summed E-state index contributed by atoms with van der Waals surface area (Å²) < 4.78 is 5.49. The maximum atomic E-state index is 5.49. The molecule has 1 aromatic carbocycles. The zero-order chi connectivity index (χ0) is 12.1. The van der Waals surface area contributed by atoms with Gasteiger partial charge in [-0.15, -0.1) is 0 Å². The van der Waals surface area contributed by atoms with Crippen molar-refractivity contribution in [2.45, 2.75) is 39.5 Å². The fourth-order valence-electron chi connectivity index (χ4n) is 1.97. The van der Waals surface area contributed by atoms with Gasteiger partial charge in [-0.2, -0.15) is 0 Å². The van der Waals surface area contributed by atoms with E-state index in [1.807, 2.05) is 0 Å².